The van der Waals surface area contributed by atoms with E-state index in [1.807, 2.05) is 0 Å². The SMILES string of the molecule is CC(C)(C)OCC(=O)Nc1c(Cl)cccc1C(F)(F)F. The lowest BCUT2D eigenvalue weighted by atomic mass is 10.1. The monoisotopic (exact) mass is 309 g/mol. The van der Waals surface area contributed by atoms with Gasteiger partial charge in [-0.15, -0.1) is 0 Å². The molecule has 0 aliphatic rings. The highest BCUT2D eigenvalue weighted by atomic mass is 35.5. The Hall–Kier alpha value is -1.27. The number of anilines is 1. The molecule has 3 nitrogen and oxygen atoms in total. The zero-order chi connectivity index (χ0) is 15.6. The van der Waals surface area contributed by atoms with Crippen LogP contribution in [0.5, 0.6) is 0 Å². The van der Waals surface area contributed by atoms with Gasteiger partial charge in [-0.1, -0.05) is 17.7 Å². The highest BCUT2D eigenvalue weighted by Crippen LogP contribution is 2.38. The van der Waals surface area contributed by atoms with Crippen molar-refractivity contribution < 1.29 is 22.7 Å². The van der Waals surface area contributed by atoms with Gasteiger partial charge in [0.15, 0.2) is 0 Å². The molecule has 1 aromatic carbocycles. The molecule has 0 saturated carbocycles. The summed E-state index contributed by atoms with van der Waals surface area (Å²) in [6, 6.07) is 3.30. The molecule has 1 aromatic rings. The fourth-order valence-electron chi connectivity index (χ4n) is 1.34. The molecular weight excluding hydrogens is 295 g/mol. The zero-order valence-electron chi connectivity index (χ0n) is 11.3. The van der Waals surface area contributed by atoms with Crippen LogP contribution in [0.4, 0.5) is 18.9 Å². The average molecular weight is 310 g/mol. The molecule has 7 heteroatoms. The van der Waals surface area contributed by atoms with Gasteiger partial charge in [-0.2, -0.15) is 13.2 Å². The van der Waals surface area contributed by atoms with Crippen molar-refractivity contribution in [3.05, 3.63) is 28.8 Å². The molecular formula is C13H15ClF3NO2. The van der Waals surface area contributed by atoms with E-state index in [9.17, 15) is 18.0 Å². The van der Waals surface area contributed by atoms with Crippen LogP contribution in [0.2, 0.25) is 5.02 Å². The van der Waals surface area contributed by atoms with Crippen molar-refractivity contribution in [2.24, 2.45) is 0 Å². The van der Waals surface area contributed by atoms with Crippen LogP contribution in [0.25, 0.3) is 0 Å². The standard InChI is InChI=1S/C13H15ClF3NO2/c1-12(2,3)20-7-10(19)18-11-8(13(15,16)17)5-4-6-9(11)14/h4-6H,7H2,1-3H3,(H,18,19). The smallest absolute Gasteiger partial charge is 0.366 e. The van der Waals surface area contributed by atoms with E-state index in [0.717, 1.165) is 6.07 Å². The van der Waals surface area contributed by atoms with Gasteiger partial charge in [0, 0.05) is 0 Å². The Balaban J connectivity index is 2.90. The molecule has 0 bridgehead atoms. The number of halogens is 4. The number of nitrogens with one attached hydrogen (secondary N) is 1. The van der Waals surface area contributed by atoms with Crippen molar-refractivity contribution in [1.29, 1.82) is 0 Å². The lowest BCUT2D eigenvalue weighted by Gasteiger charge is -2.20. The number of ether oxygens (including phenoxy) is 1. The summed E-state index contributed by atoms with van der Waals surface area (Å²) in [5, 5.41) is 1.97. The van der Waals surface area contributed by atoms with Gasteiger partial charge in [-0.25, -0.2) is 0 Å². The summed E-state index contributed by atoms with van der Waals surface area (Å²) in [7, 11) is 0. The van der Waals surface area contributed by atoms with Crippen LogP contribution in [0.15, 0.2) is 18.2 Å². The van der Waals surface area contributed by atoms with Gasteiger partial charge in [0.25, 0.3) is 0 Å². The first-order valence-electron chi connectivity index (χ1n) is 5.80. The first-order valence-corrected chi connectivity index (χ1v) is 6.18. The van der Waals surface area contributed by atoms with Crippen LogP contribution in [0.3, 0.4) is 0 Å². The molecule has 0 saturated heterocycles. The molecule has 20 heavy (non-hydrogen) atoms. The first-order chi connectivity index (χ1) is 9.00. The Labute approximate surface area is 120 Å². The molecule has 0 spiro atoms. The minimum atomic E-state index is -4.60. The van der Waals surface area contributed by atoms with E-state index in [0.29, 0.717) is 0 Å². The average Bonchev–Trinajstić information content (AvgIpc) is 2.27. The number of rotatable bonds is 3. The predicted molar refractivity (Wildman–Crippen MR) is 70.8 cm³/mol. The molecule has 1 rings (SSSR count). The van der Waals surface area contributed by atoms with E-state index in [1.54, 1.807) is 20.8 Å². The third kappa shape index (κ3) is 5.02. The van der Waals surface area contributed by atoms with E-state index < -0.39 is 28.9 Å². The number of benzene rings is 1. The molecule has 0 radical (unpaired) electrons. The Bertz CT molecular complexity index is 495. The van der Waals surface area contributed by atoms with Gasteiger partial charge >= 0.3 is 6.18 Å². The molecule has 0 fully saturated rings. The van der Waals surface area contributed by atoms with Crippen molar-refractivity contribution in [2.75, 3.05) is 11.9 Å². The molecule has 0 unspecified atom stereocenters. The van der Waals surface area contributed by atoms with Crippen molar-refractivity contribution in [1.82, 2.24) is 0 Å². The van der Waals surface area contributed by atoms with Gasteiger partial charge < -0.3 is 10.1 Å². The lowest BCUT2D eigenvalue weighted by Crippen LogP contribution is -2.28. The molecule has 0 aromatic heterocycles. The second-order valence-corrected chi connectivity index (χ2v) is 5.52. The Kier molecular flexibility index (Phi) is 5.05. The number of hydrogen-bond acceptors (Lipinski definition) is 2. The van der Waals surface area contributed by atoms with Crippen LogP contribution < -0.4 is 5.32 Å². The van der Waals surface area contributed by atoms with Crippen molar-refractivity contribution >= 4 is 23.2 Å². The molecule has 1 N–H and O–H groups in total. The summed E-state index contributed by atoms with van der Waals surface area (Å²) in [6.07, 6.45) is -4.60. The van der Waals surface area contributed by atoms with E-state index in [-0.39, 0.29) is 11.6 Å². The van der Waals surface area contributed by atoms with Crippen LogP contribution in [-0.2, 0) is 15.7 Å². The minimum absolute atomic E-state index is 0.177. The maximum Gasteiger partial charge on any atom is 0.418 e. The van der Waals surface area contributed by atoms with Crippen LogP contribution in [0.1, 0.15) is 26.3 Å². The quantitative estimate of drug-likeness (QED) is 0.912. The van der Waals surface area contributed by atoms with Gasteiger partial charge in [0.1, 0.15) is 6.61 Å². The summed E-state index contributed by atoms with van der Waals surface area (Å²) in [5.41, 5.74) is -2.01. The summed E-state index contributed by atoms with van der Waals surface area (Å²) in [6.45, 7) is 4.84. The Morgan fingerprint density at radius 3 is 2.40 bits per heavy atom. The highest BCUT2D eigenvalue weighted by Gasteiger charge is 2.34. The van der Waals surface area contributed by atoms with E-state index in [4.69, 9.17) is 16.3 Å². The number of carbonyl (C=O) groups excluding carboxylic acids is 1. The lowest BCUT2D eigenvalue weighted by molar-refractivity contribution is -0.137. The normalized spacial score (nSPS) is 12.3. The molecule has 0 aliphatic carbocycles. The van der Waals surface area contributed by atoms with Gasteiger partial charge in [0.05, 0.1) is 21.9 Å². The van der Waals surface area contributed by atoms with Crippen LogP contribution >= 0.6 is 11.6 Å². The number of carbonyl (C=O) groups is 1. The minimum Gasteiger partial charge on any atom is -0.366 e. The molecule has 1 amide bonds. The van der Waals surface area contributed by atoms with Gasteiger partial charge in [-0.05, 0) is 32.9 Å². The second-order valence-electron chi connectivity index (χ2n) is 5.11. The topological polar surface area (TPSA) is 38.3 Å². The fourth-order valence-corrected chi connectivity index (χ4v) is 1.57. The van der Waals surface area contributed by atoms with E-state index in [1.165, 1.54) is 12.1 Å². The summed E-state index contributed by atoms with van der Waals surface area (Å²) in [5.74, 6) is -0.696. The Morgan fingerprint density at radius 2 is 1.90 bits per heavy atom. The van der Waals surface area contributed by atoms with E-state index in [2.05, 4.69) is 5.32 Å². The molecule has 0 aliphatic heterocycles. The van der Waals surface area contributed by atoms with Gasteiger partial charge in [-0.3, -0.25) is 4.79 Å². The number of para-hydroxylation sites is 1. The van der Waals surface area contributed by atoms with Crippen molar-refractivity contribution in [2.45, 2.75) is 32.5 Å². The van der Waals surface area contributed by atoms with Crippen LogP contribution in [-0.4, -0.2) is 18.1 Å². The van der Waals surface area contributed by atoms with Crippen molar-refractivity contribution in [3.63, 3.8) is 0 Å². The summed E-state index contributed by atoms with van der Waals surface area (Å²) >= 11 is 5.71. The number of alkyl halides is 3. The zero-order valence-corrected chi connectivity index (χ0v) is 12.0. The largest absolute Gasteiger partial charge is 0.418 e. The number of hydrogen-bond donors (Lipinski definition) is 1. The third-order valence-electron chi connectivity index (χ3n) is 2.22. The van der Waals surface area contributed by atoms with Crippen LogP contribution in [0, 0.1) is 0 Å². The fraction of sp³-hybridized carbons (Fsp3) is 0.462. The predicted octanol–water partition coefficient (Wildman–Crippen LogP) is 4.11. The molecule has 112 valence electrons. The highest BCUT2D eigenvalue weighted by molar-refractivity contribution is 6.34. The molecule has 0 atom stereocenters. The van der Waals surface area contributed by atoms with E-state index >= 15 is 0 Å². The third-order valence-corrected chi connectivity index (χ3v) is 2.53. The Morgan fingerprint density at radius 1 is 1.30 bits per heavy atom. The second kappa shape index (κ2) is 6.01. The molecule has 0 heterocycles. The number of amides is 1. The van der Waals surface area contributed by atoms with Crippen molar-refractivity contribution in [3.8, 4) is 0 Å². The maximum atomic E-state index is 12.8. The first kappa shape index (κ1) is 16.8. The maximum absolute atomic E-state index is 12.8. The van der Waals surface area contributed by atoms with Gasteiger partial charge in [0.2, 0.25) is 5.91 Å². The summed E-state index contributed by atoms with van der Waals surface area (Å²) in [4.78, 5) is 11.6. The summed E-state index contributed by atoms with van der Waals surface area (Å²) < 4.78 is 43.6.